The summed E-state index contributed by atoms with van der Waals surface area (Å²) in [6.45, 7) is 0. The monoisotopic (exact) mass is 336 g/mol. The zero-order valence-electron chi connectivity index (χ0n) is 9.51. The molecule has 1 atom stereocenters. The van der Waals surface area contributed by atoms with Crippen LogP contribution in [0.25, 0.3) is 0 Å². The van der Waals surface area contributed by atoms with Gasteiger partial charge in [0.05, 0.1) is 4.92 Å². The first kappa shape index (κ1) is 15.2. The highest BCUT2D eigenvalue weighted by atomic mass is 79.9. The fourth-order valence-corrected chi connectivity index (χ4v) is 2.52. The van der Waals surface area contributed by atoms with E-state index in [0.29, 0.717) is 16.0 Å². The first-order valence-corrected chi connectivity index (χ1v) is 6.22. The normalized spacial score (nSPS) is 16.6. The van der Waals surface area contributed by atoms with Gasteiger partial charge in [-0.3, -0.25) is 10.1 Å². The van der Waals surface area contributed by atoms with Crippen LogP contribution in [0, 0.1) is 16.0 Å². The van der Waals surface area contributed by atoms with Gasteiger partial charge < -0.3 is 10.8 Å². The molecule has 1 aliphatic carbocycles. The summed E-state index contributed by atoms with van der Waals surface area (Å²) in [6, 6.07) is 2.61. The zero-order chi connectivity index (χ0) is 12.6. The van der Waals surface area contributed by atoms with Gasteiger partial charge in [0.25, 0.3) is 0 Å². The quantitative estimate of drug-likeness (QED) is 0.654. The van der Waals surface area contributed by atoms with Crippen LogP contribution in [0.2, 0.25) is 0 Å². The number of aromatic hydroxyl groups is 1. The lowest BCUT2D eigenvalue weighted by atomic mass is 9.77. The summed E-state index contributed by atoms with van der Waals surface area (Å²) in [7, 11) is 0. The second kappa shape index (κ2) is 5.86. The van der Waals surface area contributed by atoms with Crippen LogP contribution in [0.4, 0.5) is 5.69 Å². The molecule has 2 rings (SSSR count). The molecule has 0 saturated heterocycles. The van der Waals surface area contributed by atoms with E-state index >= 15 is 0 Å². The Hall–Kier alpha value is -0.850. The van der Waals surface area contributed by atoms with Crippen molar-refractivity contribution in [1.82, 2.24) is 0 Å². The van der Waals surface area contributed by atoms with E-state index in [4.69, 9.17) is 5.73 Å². The number of nitro groups is 1. The van der Waals surface area contributed by atoms with Crippen LogP contribution < -0.4 is 5.73 Å². The van der Waals surface area contributed by atoms with Crippen molar-refractivity contribution in [3.63, 3.8) is 0 Å². The van der Waals surface area contributed by atoms with Gasteiger partial charge >= 0.3 is 5.69 Å². The summed E-state index contributed by atoms with van der Waals surface area (Å²) < 4.78 is 0.562. The molecular formula is C11H14BrClN2O3. The molecule has 100 valence electrons. The average Bonchev–Trinajstić information content (AvgIpc) is 2.17. The van der Waals surface area contributed by atoms with Gasteiger partial charge in [0.2, 0.25) is 0 Å². The minimum atomic E-state index is -0.600. The Morgan fingerprint density at radius 1 is 1.50 bits per heavy atom. The largest absolute Gasteiger partial charge is 0.502 e. The molecule has 18 heavy (non-hydrogen) atoms. The molecule has 1 fully saturated rings. The van der Waals surface area contributed by atoms with Gasteiger partial charge in [-0.2, -0.15) is 0 Å². The highest BCUT2D eigenvalue weighted by Crippen LogP contribution is 2.43. The number of hydrogen-bond acceptors (Lipinski definition) is 4. The van der Waals surface area contributed by atoms with Crippen molar-refractivity contribution in [2.45, 2.75) is 25.3 Å². The van der Waals surface area contributed by atoms with Crippen LogP contribution >= 0.6 is 28.3 Å². The maximum atomic E-state index is 10.8. The van der Waals surface area contributed by atoms with Crippen molar-refractivity contribution in [3.8, 4) is 5.75 Å². The third-order valence-electron chi connectivity index (χ3n) is 3.30. The van der Waals surface area contributed by atoms with Crippen molar-refractivity contribution < 1.29 is 10.0 Å². The molecule has 0 amide bonds. The molecule has 0 aromatic heterocycles. The van der Waals surface area contributed by atoms with E-state index in [1.165, 1.54) is 6.07 Å². The van der Waals surface area contributed by atoms with E-state index in [1.807, 2.05) is 0 Å². The van der Waals surface area contributed by atoms with Gasteiger partial charge in [-0.15, -0.1) is 12.4 Å². The molecule has 0 spiro atoms. The lowest BCUT2D eigenvalue weighted by Crippen LogP contribution is -2.27. The molecule has 0 unspecified atom stereocenters. The maximum Gasteiger partial charge on any atom is 0.312 e. The lowest BCUT2D eigenvalue weighted by Gasteiger charge is -2.31. The second-order valence-electron chi connectivity index (χ2n) is 4.34. The number of rotatable bonds is 3. The number of phenolic OH excluding ortho intramolecular Hbond substituents is 1. The van der Waals surface area contributed by atoms with Crippen LogP contribution in [-0.4, -0.2) is 10.0 Å². The van der Waals surface area contributed by atoms with E-state index in [1.54, 1.807) is 6.07 Å². The number of benzene rings is 1. The minimum Gasteiger partial charge on any atom is -0.502 e. The van der Waals surface area contributed by atoms with Crippen molar-refractivity contribution in [2.24, 2.45) is 11.7 Å². The van der Waals surface area contributed by atoms with Gasteiger partial charge in [-0.25, -0.2) is 0 Å². The topological polar surface area (TPSA) is 89.4 Å². The fraction of sp³-hybridized carbons (Fsp3) is 0.455. The summed E-state index contributed by atoms with van der Waals surface area (Å²) in [5.41, 5.74) is 6.19. The molecule has 1 aliphatic rings. The van der Waals surface area contributed by atoms with E-state index in [2.05, 4.69) is 15.9 Å². The summed E-state index contributed by atoms with van der Waals surface area (Å²) in [4.78, 5) is 10.2. The van der Waals surface area contributed by atoms with E-state index in [9.17, 15) is 15.2 Å². The molecule has 0 radical (unpaired) electrons. The number of phenols is 1. The molecule has 5 nitrogen and oxygen atoms in total. The molecule has 7 heteroatoms. The smallest absolute Gasteiger partial charge is 0.312 e. The number of hydrogen-bond donors (Lipinski definition) is 2. The van der Waals surface area contributed by atoms with Crippen molar-refractivity contribution in [2.75, 3.05) is 0 Å². The predicted octanol–water partition coefficient (Wildman–Crippen LogP) is 3.28. The maximum absolute atomic E-state index is 10.8. The number of nitrogens with two attached hydrogens (primary N) is 1. The Morgan fingerprint density at radius 3 is 2.56 bits per heavy atom. The van der Waals surface area contributed by atoms with Gasteiger partial charge in [-0.05, 0) is 24.8 Å². The molecule has 1 aromatic carbocycles. The van der Waals surface area contributed by atoms with E-state index in [0.717, 1.165) is 19.3 Å². The number of nitrogens with zero attached hydrogens (tertiary/aromatic N) is 1. The fourth-order valence-electron chi connectivity index (χ4n) is 2.05. The van der Waals surface area contributed by atoms with Crippen molar-refractivity contribution in [3.05, 3.63) is 32.3 Å². The van der Waals surface area contributed by atoms with Gasteiger partial charge in [-0.1, -0.05) is 22.4 Å². The number of halogens is 2. The van der Waals surface area contributed by atoms with Crippen molar-refractivity contribution in [1.29, 1.82) is 0 Å². The summed E-state index contributed by atoms with van der Waals surface area (Å²) in [5, 5.41) is 20.7. The summed E-state index contributed by atoms with van der Waals surface area (Å²) in [6.07, 6.45) is 3.16. The van der Waals surface area contributed by atoms with Gasteiger partial charge in [0, 0.05) is 22.1 Å². The summed E-state index contributed by atoms with van der Waals surface area (Å²) in [5.74, 6) is 0.00686. The summed E-state index contributed by atoms with van der Waals surface area (Å²) >= 11 is 3.20. The predicted molar refractivity (Wildman–Crippen MR) is 74.0 cm³/mol. The third kappa shape index (κ3) is 2.76. The Labute approximate surface area is 119 Å². The number of nitro benzene ring substituents is 1. The highest BCUT2D eigenvalue weighted by molar-refractivity contribution is 9.10. The first-order valence-electron chi connectivity index (χ1n) is 5.43. The van der Waals surface area contributed by atoms with Crippen LogP contribution in [0.5, 0.6) is 5.75 Å². The molecule has 0 heterocycles. The molecule has 0 aliphatic heterocycles. The Kier molecular flexibility index (Phi) is 4.95. The van der Waals surface area contributed by atoms with Crippen LogP contribution in [-0.2, 0) is 0 Å². The van der Waals surface area contributed by atoms with Crippen LogP contribution in [0.1, 0.15) is 30.9 Å². The SMILES string of the molecule is Cl.N[C@@H](c1cc(Br)cc([N+](=O)[O-])c1O)C1CCC1. The Morgan fingerprint density at radius 2 is 2.11 bits per heavy atom. The Bertz CT molecular complexity index is 466. The third-order valence-corrected chi connectivity index (χ3v) is 3.76. The van der Waals surface area contributed by atoms with Gasteiger partial charge in [0.15, 0.2) is 5.75 Å². The second-order valence-corrected chi connectivity index (χ2v) is 5.25. The Balaban J connectivity index is 0.00000162. The van der Waals surface area contributed by atoms with Crippen LogP contribution in [0.15, 0.2) is 16.6 Å². The highest BCUT2D eigenvalue weighted by Gasteiger charge is 2.30. The van der Waals surface area contributed by atoms with Crippen LogP contribution in [0.3, 0.4) is 0 Å². The first-order chi connectivity index (χ1) is 8.00. The molecule has 1 saturated carbocycles. The molecule has 0 bridgehead atoms. The van der Waals surface area contributed by atoms with E-state index in [-0.39, 0.29) is 29.9 Å². The molecule has 1 aromatic rings. The average molecular weight is 338 g/mol. The van der Waals surface area contributed by atoms with Crippen molar-refractivity contribution >= 4 is 34.0 Å². The van der Waals surface area contributed by atoms with Gasteiger partial charge in [0.1, 0.15) is 0 Å². The molecular weight excluding hydrogens is 323 g/mol. The zero-order valence-corrected chi connectivity index (χ0v) is 11.9. The standard InChI is InChI=1S/C11H13BrN2O3.ClH/c12-7-4-8(10(13)6-2-1-3-6)11(15)9(5-7)14(16)17;/h4-6,10,15H,1-3,13H2;1H/t10-;/m1./s1. The molecule has 3 N–H and O–H groups in total. The van der Waals surface area contributed by atoms with E-state index < -0.39 is 4.92 Å². The minimum absolute atomic E-state index is 0. The lowest BCUT2D eigenvalue weighted by molar-refractivity contribution is -0.386.